The molecule has 0 saturated carbocycles. The van der Waals surface area contributed by atoms with Crippen LogP contribution in [0.5, 0.6) is 0 Å². The average molecular weight is 404 g/mol. The van der Waals surface area contributed by atoms with E-state index in [1.54, 1.807) is 17.0 Å². The minimum absolute atomic E-state index is 0.146. The second kappa shape index (κ2) is 6.75. The highest BCUT2D eigenvalue weighted by atomic mass is 35.5. The summed E-state index contributed by atoms with van der Waals surface area (Å²) in [6, 6.07) is 22.8. The molecule has 1 spiro atoms. The Morgan fingerprint density at radius 1 is 0.966 bits per heavy atom. The second-order valence-electron chi connectivity index (χ2n) is 7.47. The van der Waals surface area contributed by atoms with E-state index in [9.17, 15) is 9.59 Å². The van der Waals surface area contributed by atoms with Gasteiger partial charge in [0.15, 0.2) is 5.60 Å². The lowest BCUT2D eigenvalue weighted by Crippen LogP contribution is -2.34. The van der Waals surface area contributed by atoms with E-state index in [1.165, 1.54) is 0 Å². The first-order chi connectivity index (χ1) is 14.1. The molecule has 3 aromatic rings. The summed E-state index contributed by atoms with van der Waals surface area (Å²) in [6.07, 6.45) is 0.585. The van der Waals surface area contributed by atoms with E-state index in [-0.39, 0.29) is 11.9 Å². The van der Waals surface area contributed by atoms with Gasteiger partial charge in [-0.05, 0) is 29.3 Å². The fraction of sp³-hybridized carbons (Fsp3) is 0.167. The van der Waals surface area contributed by atoms with Crippen molar-refractivity contribution in [2.75, 3.05) is 13.1 Å². The van der Waals surface area contributed by atoms with Gasteiger partial charge in [0.25, 0.3) is 5.91 Å². The quantitative estimate of drug-likeness (QED) is 0.570. The van der Waals surface area contributed by atoms with Crippen molar-refractivity contribution < 1.29 is 14.3 Å². The molecule has 2 aliphatic heterocycles. The minimum Gasteiger partial charge on any atom is -0.449 e. The third-order valence-electron chi connectivity index (χ3n) is 5.75. The van der Waals surface area contributed by atoms with E-state index >= 15 is 0 Å². The lowest BCUT2D eigenvalue weighted by atomic mass is 9.91. The maximum absolute atomic E-state index is 13.2. The molecule has 1 saturated heterocycles. The number of rotatable bonds is 2. The summed E-state index contributed by atoms with van der Waals surface area (Å²) >= 11 is 6.48. The summed E-state index contributed by atoms with van der Waals surface area (Å²) in [5.41, 5.74) is 3.17. The van der Waals surface area contributed by atoms with E-state index in [0.29, 0.717) is 35.7 Å². The van der Waals surface area contributed by atoms with Crippen LogP contribution in [0.4, 0.5) is 0 Å². The van der Waals surface area contributed by atoms with Crippen LogP contribution < -0.4 is 0 Å². The van der Waals surface area contributed by atoms with E-state index in [4.69, 9.17) is 16.3 Å². The smallest absolute Gasteiger partial charge is 0.339 e. The summed E-state index contributed by atoms with van der Waals surface area (Å²) in [5.74, 6) is -0.466. The minimum atomic E-state index is -0.750. The molecule has 1 amide bonds. The summed E-state index contributed by atoms with van der Waals surface area (Å²) in [5, 5.41) is 0.418. The van der Waals surface area contributed by atoms with Crippen LogP contribution in [0.25, 0.3) is 11.1 Å². The van der Waals surface area contributed by atoms with Crippen molar-refractivity contribution in [2.24, 2.45) is 0 Å². The van der Waals surface area contributed by atoms with Gasteiger partial charge < -0.3 is 9.64 Å². The predicted molar refractivity (Wildman–Crippen MR) is 111 cm³/mol. The topological polar surface area (TPSA) is 46.6 Å². The van der Waals surface area contributed by atoms with Gasteiger partial charge in [-0.3, -0.25) is 4.79 Å². The zero-order chi connectivity index (χ0) is 20.0. The first kappa shape index (κ1) is 18.0. The van der Waals surface area contributed by atoms with Crippen molar-refractivity contribution in [2.45, 2.75) is 12.0 Å². The van der Waals surface area contributed by atoms with Gasteiger partial charge in [0, 0.05) is 18.5 Å². The number of hydrogen-bond acceptors (Lipinski definition) is 3. The second-order valence-corrected chi connectivity index (χ2v) is 7.87. The molecule has 5 rings (SSSR count). The molecule has 0 aromatic heterocycles. The lowest BCUT2D eigenvalue weighted by Gasteiger charge is -2.24. The predicted octanol–water partition coefficient (Wildman–Crippen LogP) is 4.92. The van der Waals surface area contributed by atoms with Gasteiger partial charge in [-0.2, -0.15) is 0 Å². The van der Waals surface area contributed by atoms with E-state index in [0.717, 1.165) is 16.7 Å². The highest BCUT2D eigenvalue weighted by Gasteiger charge is 2.51. The first-order valence-electron chi connectivity index (χ1n) is 9.54. The SMILES string of the molecule is O=C1O[C@]2(CCN(C(=O)c3ccc(-c4ccccc4)cc3Cl)C2)c2ccccc21. The highest BCUT2D eigenvalue weighted by Crippen LogP contribution is 2.43. The zero-order valence-corrected chi connectivity index (χ0v) is 16.4. The summed E-state index contributed by atoms with van der Waals surface area (Å²) in [7, 11) is 0. The molecule has 144 valence electrons. The number of benzene rings is 3. The summed E-state index contributed by atoms with van der Waals surface area (Å²) < 4.78 is 5.74. The molecule has 2 heterocycles. The van der Waals surface area contributed by atoms with Gasteiger partial charge in [-0.25, -0.2) is 4.79 Å². The molecule has 0 N–H and O–H groups in total. The van der Waals surface area contributed by atoms with Gasteiger partial charge >= 0.3 is 5.97 Å². The number of nitrogens with zero attached hydrogens (tertiary/aromatic N) is 1. The summed E-state index contributed by atoms with van der Waals surface area (Å²) in [4.78, 5) is 27.1. The molecule has 29 heavy (non-hydrogen) atoms. The molecule has 3 aromatic carbocycles. The molecule has 0 bridgehead atoms. The zero-order valence-electron chi connectivity index (χ0n) is 15.6. The Bertz CT molecular complexity index is 1130. The standard InChI is InChI=1S/C24H18ClNO3/c25-21-14-17(16-6-2-1-3-7-16)10-11-19(21)22(27)26-13-12-24(15-26)20-9-5-4-8-18(20)23(28)29-24/h1-11,14H,12-13,15H2/t24-/m0/s1. The number of fused-ring (bicyclic) bond motifs is 2. The van der Waals surface area contributed by atoms with Gasteiger partial charge in [-0.1, -0.05) is 66.2 Å². The molecule has 1 atom stereocenters. The fourth-order valence-electron chi connectivity index (χ4n) is 4.27. The van der Waals surface area contributed by atoms with Crippen molar-refractivity contribution in [1.82, 2.24) is 4.90 Å². The van der Waals surface area contributed by atoms with Gasteiger partial charge in [0.05, 0.1) is 22.7 Å². The van der Waals surface area contributed by atoms with Crippen LogP contribution in [0.1, 0.15) is 32.7 Å². The van der Waals surface area contributed by atoms with Crippen molar-refractivity contribution >= 4 is 23.5 Å². The van der Waals surface area contributed by atoms with Crippen LogP contribution in [0.2, 0.25) is 5.02 Å². The Kier molecular flexibility index (Phi) is 4.18. The van der Waals surface area contributed by atoms with Crippen LogP contribution in [0.15, 0.2) is 72.8 Å². The maximum atomic E-state index is 13.2. The molecule has 1 fully saturated rings. The van der Waals surface area contributed by atoms with E-state index < -0.39 is 5.60 Å². The van der Waals surface area contributed by atoms with Crippen LogP contribution in [0, 0.1) is 0 Å². The Hall–Kier alpha value is -3.11. The first-order valence-corrected chi connectivity index (χ1v) is 9.92. The lowest BCUT2D eigenvalue weighted by molar-refractivity contribution is -0.00306. The number of carbonyl (C=O) groups is 2. The number of halogens is 1. The van der Waals surface area contributed by atoms with Crippen LogP contribution in [-0.4, -0.2) is 29.9 Å². The van der Waals surface area contributed by atoms with Gasteiger partial charge in [0.2, 0.25) is 0 Å². The Morgan fingerprint density at radius 2 is 1.72 bits per heavy atom. The molecule has 0 unspecified atom stereocenters. The molecule has 2 aliphatic rings. The van der Waals surface area contributed by atoms with E-state index in [2.05, 4.69) is 0 Å². The van der Waals surface area contributed by atoms with Crippen LogP contribution >= 0.6 is 11.6 Å². The van der Waals surface area contributed by atoms with Crippen molar-refractivity contribution in [1.29, 1.82) is 0 Å². The molecular formula is C24H18ClNO3. The Balaban J connectivity index is 1.41. The largest absolute Gasteiger partial charge is 0.449 e. The number of amides is 1. The van der Waals surface area contributed by atoms with Crippen molar-refractivity contribution in [3.63, 3.8) is 0 Å². The molecule has 4 nitrogen and oxygen atoms in total. The Morgan fingerprint density at radius 3 is 2.52 bits per heavy atom. The van der Waals surface area contributed by atoms with Gasteiger partial charge in [-0.15, -0.1) is 0 Å². The average Bonchev–Trinajstić information content (AvgIpc) is 3.30. The molecule has 0 radical (unpaired) electrons. The molecular weight excluding hydrogens is 386 g/mol. The van der Waals surface area contributed by atoms with E-state index in [1.807, 2.05) is 60.7 Å². The third-order valence-corrected chi connectivity index (χ3v) is 6.06. The normalized spacial score (nSPS) is 20.0. The number of likely N-dealkylation sites (tertiary alicyclic amines) is 1. The number of ether oxygens (including phenoxy) is 1. The van der Waals surface area contributed by atoms with Crippen molar-refractivity contribution in [3.8, 4) is 11.1 Å². The van der Waals surface area contributed by atoms with Crippen LogP contribution in [0.3, 0.4) is 0 Å². The Labute approximate surface area is 173 Å². The monoisotopic (exact) mass is 403 g/mol. The van der Waals surface area contributed by atoms with Crippen LogP contribution in [-0.2, 0) is 10.3 Å². The number of carbonyl (C=O) groups excluding carboxylic acids is 2. The third kappa shape index (κ3) is 2.91. The molecule has 5 heteroatoms. The number of hydrogen-bond donors (Lipinski definition) is 0. The maximum Gasteiger partial charge on any atom is 0.339 e. The van der Waals surface area contributed by atoms with Crippen molar-refractivity contribution in [3.05, 3.63) is 94.5 Å². The molecule has 0 aliphatic carbocycles. The highest BCUT2D eigenvalue weighted by molar-refractivity contribution is 6.34. The fourth-order valence-corrected chi connectivity index (χ4v) is 4.53. The number of esters is 1. The summed E-state index contributed by atoms with van der Waals surface area (Å²) in [6.45, 7) is 0.850. The van der Waals surface area contributed by atoms with Gasteiger partial charge in [0.1, 0.15) is 0 Å².